The Kier molecular flexibility index (Phi) is 4.53. The largest absolute Gasteiger partial charge is 0.399 e. The van der Waals surface area contributed by atoms with E-state index in [1.807, 2.05) is 12.1 Å². The fraction of sp³-hybridized carbons (Fsp3) is 0.0857. The van der Waals surface area contributed by atoms with Crippen molar-refractivity contribution < 1.29 is 0 Å². The summed E-state index contributed by atoms with van der Waals surface area (Å²) < 4.78 is 0. The average molecular weight is 477 g/mol. The van der Waals surface area contributed by atoms with E-state index in [1.165, 1.54) is 54.3 Å². The lowest BCUT2D eigenvalue weighted by Gasteiger charge is -2.39. The van der Waals surface area contributed by atoms with Crippen molar-refractivity contribution in [3.8, 4) is 0 Å². The van der Waals surface area contributed by atoms with E-state index in [1.54, 1.807) is 0 Å². The van der Waals surface area contributed by atoms with Crippen molar-refractivity contribution in [2.45, 2.75) is 19.3 Å². The second-order valence-electron chi connectivity index (χ2n) is 10.2. The first-order valence-corrected chi connectivity index (χ1v) is 12.8. The Bertz CT molecular complexity index is 1920. The van der Waals surface area contributed by atoms with E-state index < -0.39 is 5.41 Å². The fourth-order valence-corrected chi connectivity index (χ4v) is 6.65. The molecule has 5 aromatic rings. The third-order valence-corrected chi connectivity index (χ3v) is 8.43. The molecule has 4 N–H and O–H groups in total. The first-order valence-electron chi connectivity index (χ1n) is 12.8. The molecule has 7 rings (SSSR count). The number of allylic oxidation sites excluding steroid dienone is 4. The van der Waals surface area contributed by atoms with Gasteiger partial charge in [-0.05, 0) is 97.4 Å². The predicted octanol–water partition coefficient (Wildman–Crippen LogP) is 6.20. The van der Waals surface area contributed by atoms with Crippen molar-refractivity contribution in [3.63, 3.8) is 0 Å². The molecule has 0 radical (unpaired) electrons. The number of hydrogen-bond donors (Lipinski definition) is 2. The van der Waals surface area contributed by atoms with Crippen LogP contribution in [-0.4, -0.2) is 0 Å². The van der Waals surface area contributed by atoms with Crippen LogP contribution >= 0.6 is 0 Å². The summed E-state index contributed by atoms with van der Waals surface area (Å²) in [5, 5.41) is 7.69. The molecule has 2 nitrogen and oxygen atoms in total. The second-order valence-corrected chi connectivity index (χ2v) is 10.2. The molecule has 0 fully saturated rings. The van der Waals surface area contributed by atoms with Crippen LogP contribution in [0.5, 0.6) is 0 Å². The van der Waals surface area contributed by atoms with Gasteiger partial charge in [0.05, 0.1) is 5.41 Å². The summed E-state index contributed by atoms with van der Waals surface area (Å²) in [6, 6.07) is 30.2. The summed E-state index contributed by atoms with van der Waals surface area (Å²) in [5.41, 5.74) is 21.3. The van der Waals surface area contributed by atoms with Crippen LogP contribution in [0.15, 0.2) is 109 Å². The highest BCUT2D eigenvalue weighted by Gasteiger charge is 2.43. The van der Waals surface area contributed by atoms with E-state index in [-0.39, 0.29) is 0 Å². The highest BCUT2D eigenvalue weighted by atomic mass is 14.6. The number of rotatable bonds is 2. The van der Waals surface area contributed by atoms with E-state index in [9.17, 15) is 0 Å². The standard InChI is InChI=1S/C35H28N2/c1-21-29(15-7-17-31(21)36)35(30-16-8-18-32(37)22(30)2)19-9-10-23-20-28-26-13-4-3-11-24(26)25-12-5-6-14-27(25)33(28)34(23)35/h3-20H,36-37H2,1-2H3. The predicted molar refractivity (Wildman–Crippen MR) is 158 cm³/mol. The van der Waals surface area contributed by atoms with Crippen molar-refractivity contribution >= 4 is 44.6 Å². The molecule has 0 amide bonds. The zero-order valence-electron chi connectivity index (χ0n) is 21.0. The van der Waals surface area contributed by atoms with E-state index in [0.717, 1.165) is 22.5 Å². The van der Waals surface area contributed by atoms with Crippen molar-refractivity contribution in [2.24, 2.45) is 0 Å². The van der Waals surface area contributed by atoms with Gasteiger partial charge < -0.3 is 11.5 Å². The van der Waals surface area contributed by atoms with E-state index >= 15 is 0 Å². The molecule has 178 valence electrons. The van der Waals surface area contributed by atoms with Gasteiger partial charge in [0.2, 0.25) is 0 Å². The first kappa shape index (κ1) is 21.7. The monoisotopic (exact) mass is 476 g/mol. The van der Waals surface area contributed by atoms with Gasteiger partial charge >= 0.3 is 0 Å². The maximum Gasteiger partial charge on any atom is 0.0653 e. The Labute approximate surface area is 216 Å². The molecule has 0 saturated carbocycles. The van der Waals surface area contributed by atoms with Crippen LogP contribution in [0.4, 0.5) is 11.4 Å². The molecule has 5 aromatic carbocycles. The SMILES string of the molecule is Cc1c(N)cccc1C1(c2cccc(N)c2C)C=CC=C2C=c3c(c4ccccc4c4ccccc34)=C21. The lowest BCUT2D eigenvalue weighted by atomic mass is 9.63. The minimum atomic E-state index is -0.546. The average Bonchev–Trinajstić information content (AvgIpc) is 3.33. The molecule has 2 aliphatic carbocycles. The summed E-state index contributed by atoms with van der Waals surface area (Å²) in [5.74, 6) is 0. The van der Waals surface area contributed by atoms with Gasteiger partial charge in [-0.2, -0.15) is 0 Å². The number of anilines is 2. The molecular weight excluding hydrogens is 448 g/mol. The summed E-state index contributed by atoms with van der Waals surface area (Å²) in [6.45, 7) is 4.27. The van der Waals surface area contributed by atoms with Crippen molar-refractivity contribution in [2.75, 3.05) is 11.5 Å². The summed E-state index contributed by atoms with van der Waals surface area (Å²) in [7, 11) is 0. The lowest BCUT2D eigenvalue weighted by Crippen LogP contribution is -2.37. The Morgan fingerprint density at radius 3 is 1.76 bits per heavy atom. The van der Waals surface area contributed by atoms with Crippen molar-refractivity contribution in [3.05, 3.63) is 141 Å². The second kappa shape index (κ2) is 7.72. The third-order valence-electron chi connectivity index (χ3n) is 8.43. The van der Waals surface area contributed by atoms with Gasteiger partial charge in [-0.25, -0.2) is 0 Å². The minimum Gasteiger partial charge on any atom is -0.399 e. The zero-order chi connectivity index (χ0) is 25.3. The number of hydrogen-bond acceptors (Lipinski definition) is 2. The van der Waals surface area contributed by atoms with Gasteiger partial charge in [0.25, 0.3) is 0 Å². The molecule has 0 atom stereocenters. The molecule has 0 heterocycles. The topological polar surface area (TPSA) is 52.0 Å². The van der Waals surface area contributed by atoms with Crippen molar-refractivity contribution in [1.29, 1.82) is 0 Å². The molecule has 0 aliphatic heterocycles. The fourth-order valence-electron chi connectivity index (χ4n) is 6.65. The van der Waals surface area contributed by atoms with E-state index in [2.05, 4.69) is 111 Å². The van der Waals surface area contributed by atoms with Gasteiger partial charge in [-0.15, -0.1) is 0 Å². The third kappa shape index (κ3) is 2.81. The molecule has 0 unspecified atom stereocenters. The molecular formula is C35H28N2. The normalized spacial score (nSPS) is 15.4. The van der Waals surface area contributed by atoms with Gasteiger partial charge in [-0.3, -0.25) is 0 Å². The Morgan fingerprint density at radius 1 is 0.595 bits per heavy atom. The Morgan fingerprint density at radius 2 is 1.14 bits per heavy atom. The van der Waals surface area contributed by atoms with Crippen LogP contribution in [0.3, 0.4) is 0 Å². The van der Waals surface area contributed by atoms with Gasteiger partial charge in [0, 0.05) is 11.4 Å². The molecule has 2 aliphatic rings. The summed E-state index contributed by atoms with van der Waals surface area (Å²) in [6.07, 6.45) is 9.18. The van der Waals surface area contributed by atoms with Crippen LogP contribution < -0.4 is 21.9 Å². The Hall–Kier alpha value is -4.56. The number of nitrogens with two attached hydrogens (primary N) is 2. The smallest absolute Gasteiger partial charge is 0.0653 e. The van der Waals surface area contributed by atoms with Crippen LogP contribution in [0, 0.1) is 13.8 Å². The zero-order valence-corrected chi connectivity index (χ0v) is 21.0. The minimum absolute atomic E-state index is 0.546. The molecule has 0 bridgehead atoms. The summed E-state index contributed by atoms with van der Waals surface area (Å²) >= 11 is 0. The maximum absolute atomic E-state index is 6.55. The van der Waals surface area contributed by atoms with Crippen LogP contribution in [0.25, 0.3) is 33.2 Å². The number of benzene rings is 5. The maximum atomic E-state index is 6.55. The van der Waals surface area contributed by atoms with Crippen molar-refractivity contribution in [1.82, 2.24) is 0 Å². The van der Waals surface area contributed by atoms with Crippen LogP contribution in [0.1, 0.15) is 22.3 Å². The lowest BCUT2D eigenvalue weighted by molar-refractivity contribution is 0.815. The molecule has 37 heavy (non-hydrogen) atoms. The first-order chi connectivity index (χ1) is 18.0. The van der Waals surface area contributed by atoms with E-state index in [0.29, 0.717) is 0 Å². The highest BCUT2D eigenvalue weighted by Crippen LogP contribution is 2.51. The van der Waals surface area contributed by atoms with Gasteiger partial charge in [-0.1, -0.05) is 91.0 Å². The van der Waals surface area contributed by atoms with E-state index in [4.69, 9.17) is 11.5 Å². The quantitative estimate of drug-likeness (QED) is 0.235. The van der Waals surface area contributed by atoms with Gasteiger partial charge in [0.1, 0.15) is 0 Å². The number of fused-ring (bicyclic) bond motifs is 7. The highest BCUT2D eigenvalue weighted by molar-refractivity contribution is 6.12. The molecule has 2 heteroatoms. The number of nitrogen functional groups attached to an aromatic ring is 2. The summed E-state index contributed by atoms with van der Waals surface area (Å²) in [4.78, 5) is 0. The van der Waals surface area contributed by atoms with Crippen LogP contribution in [0.2, 0.25) is 0 Å². The van der Waals surface area contributed by atoms with Crippen LogP contribution in [-0.2, 0) is 5.41 Å². The van der Waals surface area contributed by atoms with Gasteiger partial charge in [0.15, 0.2) is 0 Å². The molecule has 0 aromatic heterocycles. The molecule has 0 spiro atoms. The Balaban J connectivity index is 1.79. The molecule has 0 saturated heterocycles.